The molecule has 3 N–H and O–H groups in total. The third-order valence-electron chi connectivity index (χ3n) is 3.73. The number of hydrogen-bond donors (Lipinski definition) is 2. The van der Waals surface area contributed by atoms with Crippen LogP contribution >= 0.6 is 0 Å². The Kier molecular flexibility index (Phi) is 6.09. The minimum Gasteiger partial charge on any atom is -0.352 e. The lowest BCUT2D eigenvalue weighted by molar-refractivity contribution is 0.0827. The molecule has 0 radical (unpaired) electrons. The normalized spacial score (nSPS) is 10.3. The minimum absolute atomic E-state index is 0.0270. The highest BCUT2D eigenvalue weighted by Gasteiger charge is 2.09. The maximum Gasteiger partial charge on any atom is 0.253 e. The standard InChI is InChI=1S/C19H23N3O2/c1-22(2)19(24)17-5-3-4-14(12-17)10-11-21-18(23)16-8-6-15(13-20)7-9-16/h3-9,12H,10-11,13,20H2,1-2H3,(H,21,23). The average molecular weight is 325 g/mol. The lowest BCUT2D eigenvalue weighted by Gasteiger charge is -2.11. The van der Waals surface area contributed by atoms with Gasteiger partial charge in [-0.15, -0.1) is 0 Å². The Morgan fingerprint density at radius 3 is 2.33 bits per heavy atom. The first-order valence-electron chi connectivity index (χ1n) is 7.89. The van der Waals surface area contributed by atoms with Gasteiger partial charge in [-0.05, 0) is 41.8 Å². The van der Waals surface area contributed by atoms with Crippen molar-refractivity contribution in [3.63, 3.8) is 0 Å². The minimum atomic E-state index is -0.112. The summed E-state index contributed by atoms with van der Waals surface area (Å²) in [5, 5.41) is 2.89. The Morgan fingerprint density at radius 1 is 1.00 bits per heavy atom. The van der Waals surface area contributed by atoms with Crippen molar-refractivity contribution in [1.82, 2.24) is 10.2 Å². The molecule has 0 saturated carbocycles. The zero-order chi connectivity index (χ0) is 17.5. The second-order valence-corrected chi connectivity index (χ2v) is 5.81. The van der Waals surface area contributed by atoms with E-state index in [1.54, 1.807) is 37.2 Å². The summed E-state index contributed by atoms with van der Waals surface area (Å²) in [5.74, 6) is -0.139. The lowest BCUT2D eigenvalue weighted by atomic mass is 10.1. The smallest absolute Gasteiger partial charge is 0.253 e. The fourth-order valence-electron chi connectivity index (χ4n) is 2.33. The lowest BCUT2D eigenvalue weighted by Crippen LogP contribution is -2.26. The van der Waals surface area contributed by atoms with Crippen molar-refractivity contribution in [2.75, 3.05) is 20.6 Å². The second kappa shape index (κ2) is 8.26. The van der Waals surface area contributed by atoms with Crippen LogP contribution in [0, 0.1) is 0 Å². The molecule has 0 bridgehead atoms. The first-order chi connectivity index (χ1) is 11.5. The van der Waals surface area contributed by atoms with Crippen molar-refractivity contribution in [2.24, 2.45) is 5.73 Å². The molecule has 5 heteroatoms. The van der Waals surface area contributed by atoms with Crippen molar-refractivity contribution in [1.29, 1.82) is 0 Å². The van der Waals surface area contributed by atoms with Gasteiger partial charge in [0.1, 0.15) is 0 Å². The van der Waals surface area contributed by atoms with Gasteiger partial charge in [0, 0.05) is 38.3 Å². The molecule has 0 fully saturated rings. The molecule has 0 spiro atoms. The van der Waals surface area contributed by atoms with E-state index in [9.17, 15) is 9.59 Å². The van der Waals surface area contributed by atoms with Crippen molar-refractivity contribution in [3.8, 4) is 0 Å². The number of rotatable bonds is 6. The Bertz CT molecular complexity index is 709. The van der Waals surface area contributed by atoms with Gasteiger partial charge in [-0.25, -0.2) is 0 Å². The fraction of sp³-hybridized carbons (Fsp3) is 0.263. The van der Waals surface area contributed by atoms with E-state index in [1.807, 2.05) is 30.3 Å². The highest BCUT2D eigenvalue weighted by Crippen LogP contribution is 2.08. The zero-order valence-electron chi connectivity index (χ0n) is 14.1. The molecule has 0 saturated heterocycles. The van der Waals surface area contributed by atoms with Crippen LogP contribution in [-0.2, 0) is 13.0 Å². The number of hydrogen-bond acceptors (Lipinski definition) is 3. The van der Waals surface area contributed by atoms with Crippen molar-refractivity contribution in [2.45, 2.75) is 13.0 Å². The number of nitrogens with one attached hydrogen (secondary N) is 1. The molecule has 0 atom stereocenters. The topological polar surface area (TPSA) is 75.4 Å². The Morgan fingerprint density at radius 2 is 1.71 bits per heavy atom. The van der Waals surface area contributed by atoms with Gasteiger partial charge in [-0.2, -0.15) is 0 Å². The molecular weight excluding hydrogens is 302 g/mol. The zero-order valence-corrected chi connectivity index (χ0v) is 14.1. The van der Waals surface area contributed by atoms with Crippen molar-refractivity contribution < 1.29 is 9.59 Å². The first-order valence-corrected chi connectivity index (χ1v) is 7.89. The summed E-state index contributed by atoms with van der Waals surface area (Å²) < 4.78 is 0. The molecule has 0 heterocycles. The Labute approximate surface area is 142 Å². The number of carbonyl (C=O) groups excluding carboxylic acids is 2. The van der Waals surface area contributed by atoms with E-state index in [4.69, 9.17) is 5.73 Å². The quantitative estimate of drug-likeness (QED) is 0.850. The summed E-state index contributed by atoms with van der Waals surface area (Å²) in [4.78, 5) is 25.6. The van der Waals surface area contributed by atoms with Crippen molar-refractivity contribution >= 4 is 11.8 Å². The van der Waals surface area contributed by atoms with Gasteiger partial charge in [0.15, 0.2) is 0 Å². The van der Waals surface area contributed by atoms with E-state index in [2.05, 4.69) is 5.32 Å². The Hall–Kier alpha value is -2.66. The third kappa shape index (κ3) is 4.67. The molecule has 2 aromatic carbocycles. The SMILES string of the molecule is CN(C)C(=O)c1cccc(CCNC(=O)c2ccc(CN)cc2)c1. The maximum atomic E-state index is 12.1. The average Bonchev–Trinajstić information content (AvgIpc) is 2.61. The summed E-state index contributed by atoms with van der Waals surface area (Å²) in [5.41, 5.74) is 8.82. The molecule has 5 nitrogen and oxygen atoms in total. The van der Waals surface area contributed by atoms with Gasteiger partial charge >= 0.3 is 0 Å². The first kappa shape index (κ1) is 17.7. The Balaban J connectivity index is 1.90. The van der Waals surface area contributed by atoms with Crippen LogP contribution in [0.3, 0.4) is 0 Å². The predicted octanol–water partition coefficient (Wildman–Crippen LogP) is 1.82. The van der Waals surface area contributed by atoms with Gasteiger partial charge in [-0.3, -0.25) is 9.59 Å². The highest BCUT2D eigenvalue weighted by atomic mass is 16.2. The van der Waals surface area contributed by atoms with Crippen LogP contribution < -0.4 is 11.1 Å². The molecule has 2 amide bonds. The summed E-state index contributed by atoms with van der Waals surface area (Å²) in [6, 6.07) is 14.7. The van der Waals surface area contributed by atoms with Gasteiger partial charge < -0.3 is 16.0 Å². The molecule has 2 aromatic rings. The summed E-state index contributed by atoms with van der Waals surface area (Å²) in [6.07, 6.45) is 0.668. The van der Waals surface area contributed by atoms with Crippen LogP contribution in [0.4, 0.5) is 0 Å². The maximum absolute atomic E-state index is 12.1. The van der Waals surface area contributed by atoms with Crippen LogP contribution in [-0.4, -0.2) is 37.4 Å². The van der Waals surface area contributed by atoms with Crippen LogP contribution in [0.15, 0.2) is 48.5 Å². The van der Waals surface area contributed by atoms with E-state index < -0.39 is 0 Å². The fourth-order valence-corrected chi connectivity index (χ4v) is 2.33. The number of nitrogens with zero attached hydrogens (tertiary/aromatic N) is 1. The van der Waals surface area contributed by atoms with E-state index in [-0.39, 0.29) is 11.8 Å². The molecule has 2 rings (SSSR count). The van der Waals surface area contributed by atoms with Gasteiger partial charge in [0.2, 0.25) is 0 Å². The molecule has 0 aromatic heterocycles. The van der Waals surface area contributed by atoms with Crippen LogP contribution in [0.25, 0.3) is 0 Å². The largest absolute Gasteiger partial charge is 0.352 e. The monoisotopic (exact) mass is 325 g/mol. The summed E-state index contributed by atoms with van der Waals surface area (Å²) in [6.45, 7) is 0.973. The number of nitrogens with two attached hydrogens (primary N) is 1. The summed E-state index contributed by atoms with van der Waals surface area (Å²) >= 11 is 0. The van der Waals surface area contributed by atoms with Crippen molar-refractivity contribution in [3.05, 3.63) is 70.8 Å². The molecule has 24 heavy (non-hydrogen) atoms. The highest BCUT2D eigenvalue weighted by molar-refractivity contribution is 5.94. The molecular formula is C19H23N3O2. The van der Waals surface area contributed by atoms with Gasteiger partial charge in [0.05, 0.1) is 0 Å². The van der Waals surface area contributed by atoms with E-state index in [1.165, 1.54) is 0 Å². The van der Waals surface area contributed by atoms with E-state index >= 15 is 0 Å². The molecule has 0 aliphatic carbocycles. The predicted molar refractivity (Wildman–Crippen MR) is 94.8 cm³/mol. The number of carbonyl (C=O) groups is 2. The van der Waals surface area contributed by atoms with Crippen LogP contribution in [0.2, 0.25) is 0 Å². The van der Waals surface area contributed by atoms with Gasteiger partial charge in [-0.1, -0.05) is 24.3 Å². The third-order valence-corrected chi connectivity index (χ3v) is 3.73. The molecule has 0 unspecified atom stereocenters. The molecule has 0 aliphatic rings. The van der Waals surface area contributed by atoms with E-state index in [0.29, 0.717) is 30.6 Å². The second-order valence-electron chi connectivity index (χ2n) is 5.81. The van der Waals surface area contributed by atoms with Crippen LogP contribution in [0.1, 0.15) is 31.8 Å². The number of amides is 2. The molecule has 0 aliphatic heterocycles. The number of benzene rings is 2. The summed E-state index contributed by atoms with van der Waals surface area (Å²) in [7, 11) is 3.45. The van der Waals surface area contributed by atoms with Crippen LogP contribution in [0.5, 0.6) is 0 Å². The molecule has 126 valence electrons. The van der Waals surface area contributed by atoms with Gasteiger partial charge in [0.25, 0.3) is 11.8 Å². The van der Waals surface area contributed by atoms with E-state index in [0.717, 1.165) is 11.1 Å².